The van der Waals surface area contributed by atoms with E-state index in [0.717, 1.165) is 37.9 Å². The van der Waals surface area contributed by atoms with E-state index in [1.807, 2.05) is 30.3 Å². The Morgan fingerprint density at radius 3 is 2.62 bits per heavy atom. The Balaban J connectivity index is 1.67. The SMILES string of the molecule is COc1ccc(-c2ccc(-c3nc4ccc(C(=O)CO)cc4[nH]3)s2)cc1. The van der Waals surface area contributed by atoms with Crippen LogP contribution in [0.1, 0.15) is 10.4 Å². The Bertz CT molecular complexity index is 1080. The molecule has 0 spiro atoms. The van der Waals surface area contributed by atoms with Crippen molar-refractivity contribution < 1.29 is 14.6 Å². The van der Waals surface area contributed by atoms with Crippen LogP contribution in [0.4, 0.5) is 0 Å². The average molecular weight is 364 g/mol. The van der Waals surface area contributed by atoms with Gasteiger partial charge in [-0.05, 0) is 60.2 Å². The molecule has 26 heavy (non-hydrogen) atoms. The van der Waals surface area contributed by atoms with Crippen LogP contribution >= 0.6 is 11.3 Å². The molecule has 6 heteroatoms. The summed E-state index contributed by atoms with van der Waals surface area (Å²) < 4.78 is 5.20. The summed E-state index contributed by atoms with van der Waals surface area (Å²) in [5.74, 6) is 1.29. The molecule has 0 aliphatic carbocycles. The molecule has 130 valence electrons. The van der Waals surface area contributed by atoms with E-state index in [9.17, 15) is 4.79 Å². The third-order valence-corrected chi connectivity index (χ3v) is 5.30. The number of Topliss-reactive ketones (excluding diaryl/α,β-unsaturated/α-hetero) is 1. The molecule has 0 fully saturated rings. The van der Waals surface area contributed by atoms with Crippen LogP contribution in [0.5, 0.6) is 5.75 Å². The summed E-state index contributed by atoms with van der Waals surface area (Å²) in [7, 11) is 1.65. The van der Waals surface area contributed by atoms with Crippen molar-refractivity contribution in [3.8, 4) is 26.9 Å². The first-order valence-corrected chi connectivity index (χ1v) is 8.88. The highest BCUT2D eigenvalue weighted by atomic mass is 32.1. The lowest BCUT2D eigenvalue weighted by atomic mass is 10.1. The van der Waals surface area contributed by atoms with Crippen molar-refractivity contribution in [2.45, 2.75) is 0 Å². The second-order valence-corrected chi connectivity index (χ2v) is 6.87. The number of carbonyl (C=O) groups is 1. The summed E-state index contributed by atoms with van der Waals surface area (Å²) in [6.07, 6.45) is 0. The molecular weight excluding hydrogens is 348 g/mol. The molecule has 5 nitrogen and oxygen atoms in total. The lowest BCUT2D eigenvalue weighted by Crippen LogP contribution is -2.03. The van der Waals surface area contributed by atoms with Crippen LogP contribution in [-0.2, 0) is 0 Å². The second-order valence-electron chi connectivity index (χ2n) is 5.79. The summed E-state index contributed by atoms with van der Waals surface area (Å²) in [5, 5.41) is 9.01. The molecule has 0 aliphatic rings. The van der Waals surface area contributed by atoms with Crippen LogP contribution in [0.15, 0.2) is 54.6 Å². The molecule has 4 rings (SSSR count). The van der Waals surface area contributed by atoms with E-state index in [1.54, 1.807) is 36.6 Å². The van der Waals surface area contributed by atoms with Crippen LogP contribution < -0.4 is 4.74 Å². The van der Waals surface area contributed by atoms with Crippen LogP contribution in [0.3, 0.4) is 0 Å². The second kappa shape index (κ2) is 6.74. The van der Waals surface area contributed by atoms with Crippen LogP contribution in [-0.4, -0.2) is 34.6 Å². The number of aliphatic hydroxyl groups excluding tert-OH is 1. The van der Waals surface area contributed by atoms with Gasteiger partial charge in [0.2, 0.25) is 0 Å². The lowest BCUT2D eigenvalue weighted by Gasteiger charge is -2.00. The van der Waals surface area contributed by atoms with Gasteiger partial charge in [0, 0.05) is 10.4 Å². The van der Waals surface area contributed by atoms with Crippen molar-refractivity contribution in [3.05, 3.63) is 60.2 Å². The highest BCUT2D eigenvalue weighted by Gasteiger charge is 2.11. The van der Waals surface area contributed by atoms with Gasteiger partial charge in [0.05, 0.1) is 23.0 Å². The molecule has 2 N–H and O–H groups in total. The Hall–Kier alpha value is -2.96. The molecular formula is C20H16N2O3S. The van der Waals surface area contributed by atoms with Crippen molar-refractivity contribution in [1.29, 1.82) is 0 Å². The maximum absolute atomic E-state index is 11.6. The van der Waals surface area contributed by atoms with E-state index < -0.39 is 6.61 Å². The summed E-state index contributed by atoms with van der Waals surface area (Å²) in [6, 6.07) is 17.2. The molecule has 0 saturated heterocycles. The van der Waals surface area contributed by atoms with Gasteiger partial charge in [-0.2, -0.15) is 0 Å². The van der Waals surface area contributed by atoms with Crippen molar-refractivity contribution in [3.63, 3.8) is 0 Å². The third kappa shape index (κ3) is 3.00. The number of hydrogen-bond acceptors (Lipinski definition) is 5. The maximum Gasteiger partial charge on any atom is 0.188 e. The fourth-order valence-electron chi connectivity index (χ4n) is 2.77. The van der Waals surface area contributed by atoms with Crippen LogP contribution in [0.25, 0.3) is 32.2 Å². The number of rotatable bonds is 5. The van der Waals surface area contributed by atoms with Gasteiger partial charge in [-0.25, -0.2) is 4.98 Å². The number of ether oxygens (including phenoxy) is 1. The van der Waals surface area contributed by atoms with E-state index in [1.165, 1.54) is 0 Å². The number of imidazole rings is 1. The monoisotopic (exact) mass is 364 g/mol. The van der Waals surface area contributed by atoms with E-state index in [4.69, 9.17) is 9.84 Å². The number of hydrogen-bond donors (Lipinski definition) is 2. The molecule has 0 unspecified atom stereocenters. The van der Waals surface area contributed by atoms with E-state index >= 15 is 0 Å². The fraction of sp³-hybridized carbons (Fsp3) is 0.100. The number of ketones is 1. The standard InChI is InChI=1S/C20H16N2O3S/c1-25-14-5-2-12(3-6-14)18-8-9-19(26-18)20-21-15-7-4-13(17(24)11-23)10-16(15)22-20/h2-10,23H,11H2,1H3,(H,21,22). The molecule has 0 radical (unpaired) electrons. The summed E-state index contributed by atoms with van der Waals surface area (Å²) in [6.45, 7) is -0.497. The van der Waals surface area contributed by atoms with Crippen molar-refractivity contribution in [2.24, 2.45) is 0 Å². The highest BCUT2D eigenvalue weighted by molar-refractivity contribution is 7.18. The zero-order valence-electron chi connectivity index (χ0n) is 14.0. The zero-order valence-corrected chi connectivity index (χ0v) is 14.8. The number of aliphatic hydroxyl groups is 1. The minimum absolute atomic E-state index is 0.305. The highest BCUT2D eigenvalue weighted by Crippen LogP contribution is 2.34. The Morgan fingerprint density at radius 1 is 1.12 bits per heavy atom. The third-order valence-electron chi connectivity index (χ3n) is 4.16. The van der Waals surface area contributed by atoms with Gasteiger partial charge in [0.15, 0.2) is 5.78 Å². The number of methoxy groups -OCH3 is 1. The molecule has 2 aromatic carbocycles. The van der Waals surface area contributed by atoms with E-state index in [-0.39, 0.29) is 5.78 Å². The van der Waals surface area contributed by atoms with Gasteiger partial charge in [-0.1, -0.05) is 0 Å². The van der Waals surface area contributed by atoms with E-state index in [2.05, 4.69) is 16.0 Å². The minimum atomic E-state index is -0.497. The quantitative estimate of drug-likeness (QED) is 0.522. The van der Waals surface area contributed by atoms with Crippen molar-refractivity contribution in [2.75, 3.05) is 13.7 Å². The van der Waals surface area contributed by atoms with E-state index in [0.29, 0.717) is 5.56 Å². The Labute approximate surface area is 153 Å². The maximum atomic E-state index is 11.6. The first-order chi connectivity index (χ1) is 12.7. The number of carbonyl (C=O) groups excluding carboxylic acids is 1. The summed E-state index contributed by atoms with van der Waals surface area (Å²) >= 11 is 1.64. The summed E-state index contributed by atoms with van der Waals surface area (Å²) in [4.78, 5) is 21.7. The topological polar surface area (TPSA) is 75.2 Å². The van der Waals surface area contributed by atoms with Gasteiger partial charge < -0.3 is 14.8 Å². The normalized spacial score (nSPS) is 11.0. The first-order valence-electron chi connectivity index (χ1n) is 8.06. The molecule has 0 aliphatic heterocycles. The number of nitrogens with one attached hydrogen (secondary N) is 1. The lowest BCUT2D eigenvalue weighted by molar-refractivity contribution is 0.0904. The van der Waals surface area contributed by atoms with Crippen molar-refractivity contribution >= 4 is 28.2 Å². The number of H-pyrrole nitrogens is 1. The molecule has 4 aromatic rings. The predicted molar refractivity (Wildman–Crippen MR) is 103 cm³/mol. The minimum Gasteiger partial charge on any atom is -0.497 e. The Morgan fingerprint density at radius 2 is 1.88 bits per heavy atom. The zero-order chi connectivity index (χ0) is 18.1. The van der Waals surface area contributed by atoms with Crippen molar-refractivity contribution in [1.82, 2.24) is 9.97 Å². The van der Waals surface area contributed by atoms with Gasteiger partial charge in [-0.3, -0.25) is 4.79 Å². The molecule has 0 bridgehead atoms. The number of aromatic amines is 1. The van der Waals surface area contributed by atoms with Gasteiger partial charge in [0.1, 0.15) is 18.2 Å². The molecule has 0 saturated carbocycles. The first kappa shape index (κ1) is 16.5. The number of fused-ring (bicyclic) bond motifs is 1. The molecule has 2 heterocycles. The van der Waals surface area contributed by atoms with Gasteiger partial charge in [0.25, 0.3) is 0 Å². The van der Waals surface area contributed by atoms with Gasteiger partial charge in [-0.15, -0.1) is 11.3 Å². The smallest absolute Gasteiger partial charge is 0.188 e. The number of benzene rings is 2. The molecule has 0 amide bonds. The fourth-order valence-corrected chi connectivity index (χ4v) is 3.72. The largest absolute Gasteiger partial charge is 0.497 e. The van der Waals surface area contributed by atoms with Crippen LogP contribution in [0, 0.1) is 0 Å². The summed E-state index contributed by atoms with van der Waals surface area (Å²) in [5.41, 5.74) is 3.15. The Kier molecular flexibility index (Phi) is 4.28. The predicted octanol–water partition coefficient (Wildman–Crippen LogP) is 4.14. The number of nitrogens with zero attached hydrogens (tertiary/aromatic N) is 1. The molecule has 2 aromatic heterocycles. The van der Waals surface area contributed by atoms with Crippen LogP contribution in [0.2, 0.25) is 0 Å². The number of thiophene rings is 1. The van der Waals surface area contributed by atoms with Gasteiger partial charge >= 0.3 is 0 Å². The average Bonchev–Trinajstić information content (AvgIpc) is 3.33. The molecule has 0 atom stereocenters. The number of aromatic nitrogens is 2.